The third kappa shape index (κ3) is 5.58. The molecule has 3 atom stereocenters. The lowest BCUT2D eigenvalue weighted by Crippen LogP contribution is -2.70. The predicted octanol–water partition coefficient (Wildman–Crippen LogP) is 2.38. The molecule has 10 heteroatoms. The van der Waals surface area contributed by atoms with Crippen LogP contribution in [0.15, 0.2) is 6.07 Å². The quantitative estimate of drug-likeness (QED) is 0.341. The van der Waals surface area contributed by atoms with Gasteiger partial charge in [0.2, 0.25) is 5.91 Å². The highest BCUT2D eigenvalue weighted by molar-refractivity contribution is 6.48. The number of β-lactam (4-membered cyclic amide) rings is 1. The molecule has 0 bridgehead atoms. The van der Waals surface area contributed by atoms with Crippen molar-refractivity contribution in [3.63, 3.8) is 0 Å². The molecule has 2 rings (SSSR count). The number of hydrogen-bond donors (Lipinski definition) is 1. The molecule has 1 aromatic heterocycles. The Hall–Kier alpha value is -2.20. The van der Waals surface area contributed by atoms with Gasteiger partial charge in [-0.05, 0) is 38.4 Å². The van der Waals surface area contributed by atoms with Crippen LogP contribution in [0, 0.1) is 18.3 Å². The number of carbonyl (C=O) groups excluding carboxylic acids is 3. The number of aromatic nitrogens is 2. The summed E-state index contributed by atoms with van der Waals surface area (Å²) in [5.74, 6) is -0.598. The van der Waals surface area contributed by atoms with Crippen LogP contribution in [0.1, 0.15) is 50.3 Å². The Morgan fingerprint density at radius 3 is 2.38 bits per heavy atom. The number of rotatable bonds is 9. The highest BCUT2D eigenvalue weighted by Crippen LogP contribution is 2.45. The average Bonchev–Trinajstić information content (AvgIpc) is 3.00. The van der Waals surface area contributed by atoms with Crippen molar-refractivity contribution in [1.29, 1.82) is 0 Å². The molecular formula is C22H38N4O5Si. The molecule has 1 aliphatic rings. The van der Waals surface area contributed by atoms with Crippen LogP contribution in [0.2, 0.25) is 13.1 Å². The molecule has 1 fully saturated rings. The van der Waals surface area contributed by atoms with E-state index in [0.717, 1.165) is 5.69 Å². The summed E-state index contributed by atoms with van der Waals surface area (Å²) in [5, 5.41) is 7.29. The van der Waals surface area contributed by atoms with E-state index in [1.807, 2.05) is 13.8 Å². The van der Waals surface area contributed by atoms with E-state index in [1.165, 1.54) is 4.90 Å². The van der Waals surface area contributed by atoms with Crippen LogP contribution in [-0.4, -0.2) is 73.8 Å². The minimum absolute atomic E-state index is 0.0701. The van der Waals surface area contributed by atoms with Crippen molar-refractivity contribution in [2.75, 3.05) is 20.7 Å². The first-order valence-electron chi connectivity index (χ1n) is 11.1. The zero-order chi connectivity index (χ0) is 24.4. The van der Waals surface area contributed by atoms with Gasteiger partial charge in [-0.2, -0.15) is 5.10 Å². The zero-order valence-electron chi connectivity index (χ0n) is 20.8. The second-order valence-electron chi connectivity index (χ2n) is 10.1. The van der Waals surface area contributed by atoms with Gasteiger partial charge >= 0.3 is 6.09 Å². The van der Waals surface area contributed by atoms with Crippen LogP contribution in [0.5, 0.6) is 0 Å². The van der Waals surface area contributed by atoms with E-state index in [2.05, 4.69) is 44.3 Å². The lowest BCUT2D eigenvalue weighted by molar-refractivity contribution is -0.158. The highest BCUT2D eigenvalue weighted by Gasteiger charge is 2.57. The van der Waals surface area contributed by atoms with E-state index in [1.54, 1.807) is 24.8 Å². The number of Topliss-reactive ketones (excluding diaryl/α,β-unsaturated/α-hetero) is 1. The summed E-state index contributed by atoms with van der Waals surface area (Å²) in [7, 11) is 1.80. The van der Waals surface area contributed by atoms with Gasteiger partial charge in [-0.1, -0.05) is 20.8 Å². The third-order valence-electron chi connectivity index (χ3n) is 6.14. The van der Waals surface area contributed by atoms with E-state index in [0.29, 0.717) is 12.2 Å². The number of nitrogens with one attached hydrogen (secondary N) is 1. The Bertz CT molecular complexity index is 861. The summed E-state index contributed by atoms with van der Waals surface area (Å²) in [6, 6.07) is 1.44. The van der Waals surface area contributed by atoms with E-state index < -0.39 is 26.7 Å². The Morgan fingerprint density at radius 1 is 1.25 bits per heavy atom. The molecular weight excluding hydrogens is 428 g/mol. The highest BCUT2D eigenvalue weighted by atomic mass is 28.3. The standard InChI is InChI=1S/C22H38N4O5Si/c1-14-12-15(24-26(14)10-11-30-20(29)25(6)7)17(27)13-16-18(19(28)23-16)22(5,21(2,3)4)31-32(8)9/h12,16,18,32H,10-11,13H2,1-9H3,(H,23,28)/t16-,18-,22-/m1/s1. The van der Waals surface area contributed by atoms with Gasteiger partial charge in [0, 0.05) is 26.2 Å². The number of amides is 2. The van der Waals surface area contributed by atoms with E-state index >= 15 is 0 Å². The van der Waals surface area contributed by atoms with Gasteiger partial charge < -0.3 is 19.4 Å². The second-order valence-corrected chi connectivity index (χ2v) is 12.5. The van der Waals surface area contributed by atoms with Gasteiger partial charge in [0.15, 0.2) is 14.8 Å². The Kier molecular flexibility index (Phi) is 7.93. The van der Waals surface area contributed by atoms with Crippen molar-refractivity contribution in [1.82, 2.24) is 20.0 Å². The molecule has 0 spiro atoms. The minimum atomic E-state index is -1.43. The topological polar surface area (TPSA) is 103 Å². The van der Waals surface area contributed by atoms with Gasteiger partial charge in [0.05, 0.1) is 24.1 Å². The van der Waals surface area contributed by atoms with Gasteiger partial charge in [-0.15, -0.1) is 0 Å². The predicted molar refractivity (Wildman–Crippen MR) is 124 cm³/mol. The number of aryl methyl sites for hydroxylation is 1. The van der Waals surface area contributed by atoms with Crippen LogP contribution in [0.25, 0.3) is 0 Å². The molecule has 1 saturated heterocycles. The molecule has 1 N–H and O–H groups in total. The van der Waals surface area contributed by atoms with E-state index in [9.17, 15) is 14.4 Å². The maximum absolute atomic E-state index is 13.0. The molecule has 0 aliphatic carbocycles. The molecule has 0 unspecified atom stereocenters. The smallest absolute Gasteiger partial charge is 0.409 e. The van der Waals surface area contributed by atoms with Gasteiger partial charge in [-0.3, -0.25) is 14.3 Å². The maximum atomic E-state index is 13.0. The van der Waals surface area contributed by atoms with Crippen molar-refractivity contribution < 1.29 is 23.5 Å². The van der Waals surface area contributed by atoms with Gasteiger partial charge in [0.25, 0.3) is 0 Å². The first-order chi connectivity index (χ1) is 14.7. The Morgan fingerprint density at radius 2 is 1.88 bits per heavy atom. The van der Waals surface area contributed by atoms with Crippen molar-refractivity contribution in [3.8, 4) is 0 Å². The van der Waals surface area contributed by atoms with Crippen LogP contribution < -0.4 is 5.32 Å². The van der Waals surface area contributed by atoms with E-state index in [-0.39, 0.29) is 36.2 Å². The SMILES string of the molecule is Cc1cc(C(=O)C[C@H]2NC(=O)[C@@H]2[C@@](C)(O[SiH](C)C)C(C)(C)C)nn1CCOC(=O)N(C)C. The maximum Gasteiger partial charge on any atom is 0.409 e. The fourth-order valence-electron chi connectivity index (χ4n) is 3.98. The van der Waals surface area contributed by atoms with Crippen molar-refractivity contribution in [3.05, 3.63) is 17.5 Å². The minimum Gasteiger partial charge on any atom is -0.447 e. The fraction of sp³-hybridized carbons (Fsp3) is 0.727. The van der Waals surface area contributed by atoms with Crippen LogP contribution >= 0.6 is 0 Å². The molecule has 1 aliphatic heterocycles. The largest absolute Gasteiger partial charge is 0.447 e. The van der Waals surface area contributed by atoms with Crippen LogP contribution in [0.3, 0.4) is 0 Å². The second kappa shape index (κ2) is 9.74. The van der Waals surface area contributed by atoms with E-state index in [4.69, 9.17) is 9.16 Å². The number of nitrogens with zero attached hydrogens (tertiary/aromatic N) is 3. The molecule has 0 aromatic carbocycles. The molecule has 32 heavy (non-hydrogen) atoms. The van der Waals surface area contributed by atoms with Crippen LogP contribution in [0.4, 0.5) is 4.79 Å². The van der Waals surface area contributed by atoms with Crippen LogP contribution in [-0.2, 0) is 20.5 Å². The van der Waals surface area contributed by atoms with Crippen molar-refractivity contribution >= 4 is 26.8 Å². The summed E-state index contributed by atoms with van der Waals surface area (Å²) in [6.45, 7) is 14.8. The molecule has 180 valence electrons. The number of carbonyl (C=O) groups is 3. The first-order valence-corrected chi connectivity index (χ1v) is 13.9. The summed E-state index contributed by atoms with van der Waals surface area (Å²) in [6.07, 6.45) is -0.261. The molecule has 2 amide bonds. The number of ketones is 1. The normalized spacial score (nSPS) is 20.4. The van der Waals surface area contributed by atoms with Gasteiger partial charge in [-0.25, -0.2) is 4.79 Å². The monoisotopic (exact) mass is 466 g/mol. The summed E-state index contributed by atoms with van der Waals surface area (Å²) >= 11 is 0. The van der Waals surface area contributed by atoms with Crippen molar-refractivity contribution in [2.24, 2.45) is 11.3 Å². The lowest BCUT2D eigenvalue weighted by atomic mass is 9.64. The van der Waals surface area contributed by atoms with Crippen molar-refractivity contribution in [2.45, 2.75) is 72.3 Å². The molecule has 1 aromatic rings. The third-order valence-corrected chi connectivity index (χ3v) is 7.10. The molecule has 9 nitrogen and oxygen atoms in total. The molecule has 0 saturated carbocycles. The van der Waals surface area contributed by atoms with Gasteiger partial charge in [0.1, 0.15) is 12.3 Å². The number of hydrogen-bond acceptors (Lipinski definition) is 6. The number of ether oxygens (including phenoxy) is 1. The first kappa shape index (κ1) is 26.1. The average molecular weight is 467 g/mol. The fourth-order valence-corrected chi connectivity index (χ4v) is 5.46. The lowest BCUT2D eigenvalue weighted by Gasteiger charge is -2.54. The summed E-state index contributed by atoms with van der Waals surface area (Å²) in [4.78, 5) is 38.4. The zero-order valence-corrected chi connectivity index (χ0v) is 22.0. The molecule has 0 radical (unpaired) electrons. The Labute approximate surface area is 192 Å². The molecule has 2 heterocycles. The summed E-state index contributed by atoms with van der Waals surface area (Å²) < 4.78 is 13.2. The summed E-state index contributed by atoms with van der Waals surface area (Å²) in [5.41, 5.74) is 0.220. The Balaban J connectivity index is 2.09.